The minimum Gasteiger partial charge on any atom is -0.384 e. The molecule has 0 aromatic rings. The first-order valence-corrected chi connectivity index (χ1v) is 2.84. The van der Waals surface area contributed by atoms with Crippen molar-refractivity contribution in [3.05, 3.63) is 12.3 Å². The third-order valence-corrected chi connectivity index (χ3v) is 0.720. The van der Waals surface area contributed by atoms with Crippen molar-refractivity contribution in [3.8, 4) is 0 Å². The normalized spacial score (nSPS) is 10.1. The minimum absolute atomic E-state index is 0.818. The molecule has 0 saturated heterocycles. The Morgan fingerprint density at radius 1 is 1.57 bits per heavy atom. The van der Waals surface area contributed by atoms with E-state index in [2.05, 4.69) is 12.6 Å². The largest absolute Gasteiger partial charge is 0.384 e. The zero-order valence-corrected chi connectivity index (χ0v) is 5.65. The Kier molecular flexibility index (Phi) is 4.00. The molecule has 0 aliphatic rings. The fraction of sp³-hybridized carbons (Fsp3) is 0.600. The fourth-order valence-corrected chi connectivity index (χ4v) is 0.352. The highest BCUT2D eigenvalue weighted by molar-refractivity contribution is 7.80. The lowest BCUT2D eigenvalue weighted by molar-refractivity contribution is 0.563. The van der Waals surface area contributed by atoms with E-state index in [9.17, 15) is 0 Å². The van der Waals surface area contributed by atoms with Gasteiger partial charge in [-0.2, -0.15) is 12.6 Å². The van der Waals surface area contributed by atoms with Crippen molar-refractivity contribution < 1.29 is 0 Å². The van der Waals surface area contributed by atoms with Crippen molar-refractivity contribution in [2.75, 3.05) is 19.8 Å². The van der Waals surface area contributed by atoms with Gasteiger partial charge in [0.2, 0.25) is 0 Å². The standard InChI is InChI=1S/C5H11NS/c1-6(2)4-3-5-7/h3-4,7H,5H2,1-2H3. The molecule has 0 radical (unpaired) electrons. The second-order valence-electron chi connectivity index (χ2n) is 1.53. The molecule has 7 heavy (non-hydrogen) atoms. The predicted octanol–water partition coefficient (Wildman–Crippen LogP) is 0.991. The van der Waals surface area contributed by atoms with Gasteiger partial charge in [0.15, 0.2) is 0 Å². The van der Waals surface area contributed by atoms with Crippen LogP contribution in [-0.2, 0) is 0 Å². The van der Waals surface area contributed by atoms with E-state index < -0.39 is 0 Å². The molecule has 0 aromatic heterocycles. The monoisotopic (exact) mass is 117 g/mol. The molecule has 1 nitrogen and oxygen atoms in total. The second kappa shape index (κ2) is 4.06. The summed E-state index contributed by atoms with van der Waals surface area (Å²) in [4.78, 5) is 1.98. The molecule has 0 rings (SSSR count). The van der Waals surface area contributed by atoms with Crippen LogP contribution in [0.15, 0.2) is 12.3 Å². The Bertz CT molecular complexity index is 59.1. The Morgan fingerprint density at radius 2 is 2.14 bits per heavy atom. The summed E-state index contributed by atoms with van der Waals surface area (Å²) in [6.07, 6.45) is 3.97. The molecule has 0 amide bonds. The summed E-state index contributed by atoms with van der Waals surface area (Å²) in [5.41, 5.74) is 0. The summed E-state index contributed by atoms with van der Waals surface area (Å²) >= 11 is 3.98. The highest BCUT2D eigenvalue weighted by Crippen LogP contribution is 1.78. The van der Waals surface area contributed by atoms with Gasteiger partial charge in [-0.1, -0.05) is 6.08 Å². The van der Waals surface area contributed by atoms with Gasteiger partial charge in [-0.05, 0) is 6.20 Å². The molecule has 0 heterocycles. The van der Waals surface area contributed by atoms with E-state index in [1.165, 1.54) is 0 Å². The van der Waals surface area contributed by atoms with E-state index in [4.69, 9.17) is 0 Å². The van der Waals surface area contributed by atoms with Crippen molar-refractivity contribution in [1.82, 2.24) is 4.90 Å². The first kappa shape index (κ1) is 6.89. The van der Waals surface area contributed by atoms with Crippen LogP contribution >= 0.6 is 12.6 Å². The summed E-state index contributed by atoms with van der Waals surface area (Å²) in [5, 5.41) is 0. The van der Waals surface area contributed by atoms with Crippen molar-refractivity contribution in [1.29, 1.82) is 0 Å². The van der Waals surface area contributed by atoms with Crippen LogP contribution in [0.3, 0.4) is 0 Å². The van der Waals surface area contributed by atoms with E-state index >= 15 is 0 Å². The molecule has 0 spiro atoms. The lowest BCUT2D eigenvalue weighted by atomic mass is 10.7. The number of hydrogen-bond acceptors (Lipinski definition) is 2. The zero-order valence-electron chi connectivity index (χ0n) is 4.76. The molecule has 0 fully saturated rings. The van der Waals surface area contributed by atoms with Crippen molar-refractivity contribution in [3.63, 3.8) is 0 Å². The van der Waals surface area contributed by atoms with Crippen LogP contribution in [0.5, 0.6) is 0 Å². The Balaban J connectivity index is 3.08. The van der Waals surface area contributed by atoms with E-state index in [0.717, 1.165) is 5.75 Å². The molecule has 0 atom stereocenters. The number of rotatable bonds is 2. The highest BCUT2D eigenvalue weighted by atomic mass is 32.1. The molecular weight excluding hydrogens is 106 g/mol. The molecule has 0 N–H and O–H groups in total. The van der Waals surface area contributed by atoms with Crippen LogP contribution in [0.25, 0.3) is 0 Å². The summed E-state index contributed by atoms with van der Waals surface area (Å²) in [6, 6.07) is 0. The SMILES string of the molecule is CN(C)C=CCS. The lowest BCUT2D eigenvalue weighted by Crippen LogP contribution is -1.99. The molecule has 2 heteroatoms. The average molecular weight is 117 g/mol. The van der Waals surface area contributed by atoms with Gasteiger partial charge in [-0.15, -0.1) is 0 Å². The maximum Gasteiger partial charge on any atom is 0.00998 e. The third kappa shape index (κ3) is 5.89. The Morgan fingerprint density at radius 3 is 2.29 bits per heavy atom. The molecule has 0 aliphatic carbocycles. The quantitative estimate of drug-likeness (QED) is 0.528. The van der Waals surface area contributed by atoms with Crippen LogP contribution in [0.2, 0.25) is 0 Å². The number of nitrogens with zero attached hydrogens (tertiary/aromatic N) is 1. The number of thiol groups is 1. The maximum absolute atomic E-state index is 3.98. The van der Waals surface area contributed by atoms with Gasteiger partial charge in [0.05, 0.1) is 0 Å². The van der Waals surface area contributed by atoms with E-state index in [-0.39, 0.29) is 0 Å². The van der Waals surface area contributed by atoms with Gasteiger partial charge in [0.25, 0.3) is 0 Å². The fourth-order valence-electron chi connectivity index (χ4n) is 0.258. The average Bonchev–Trinajstić information content (AvgIpc) is 1.61. The Labute approximate surface area is 50.4 Å². The molecule has 42 valence electrons. The van der Waals surface area contributed by atoms with Gasteiger partial charge < -0.3 is 4.90 Å². The first-order chi connectivity index (χ1) is 3.27. The molecular formula is C5H11NS. The zero-order chi connectivity index (χ0) is 5.70. The van der Waals surface area contributed by atoms with E-state index in [1.54, 1.807) is 0 Å². The predicted molar refractivity (Wildman–Crippen MR) is 36.7 cm³/mol. The molecule has 0 saturated carbocycles. The number of hydrogen-bond donors (Lipinski definition) is 1. The van der Waals surface area contributed by atoms with E-state index in [0.29, 0.717) is 0 Å². The van der Waals surface area contributed by atoms with Crippen molar-refractivity contribution in [2.24, 2.45) is 0 Å². The topological polar surface area (TPSA) is 3.24 Å². The summed E-state index contributed by atoms with van der Waals surface area (Å²) in [5.74, 6) is 0.818. The summed E-state index contributed by atoms with van der Waals surface area (Å²) < 4.78 is 0. The van der Waals surface area contributed by atoms with Crippen LogP contribution in [-0.4, -0.2) is 24.7 Å². The van der Waals surface area contributed by atoms with Crippen LogP contribution in [0, 0.1) is 0 Å². The molecule has 0 aliphatic heterocycles. The minimum atomic E-state index is 0.818. The summed E-state index contributed by atoms with van der Waals surface area (Å²) in [7, 11) is 3.97. The smallest absolute Gasteiger partial charge is 0.00998 e. The van der Waals surface area contributed by atoms with Gasteiger partial charge in [-0.25, -0.2) is 0 Å². The molecule has 0 bridgehead atoms. The van der Waals surface area contributed by atoms with Gasteiger partial charge in [0.1, 0.15) is 0 Å². The highest BCUT2D eigenvalue weighted by Gasteiger charge is 1.69. The van der Waals surface area contributed by atoms with E-state index in [1.807, 2.05) is 31.3 Å². The first-order valence-electron chi connectivity index (χ1n) is 2.21. The van der Waals surface area contributed by atoms with Crippen molar-refractivity contribution >= 4 is 12.6 Å². The molecule has 0 unspecified atom stereocenters. The van der Waals surface area contributed by atoms with Crippen LogP contribution < -0.4 is 0 Å². The van der Waals surface area contributed by atoms with Gasteiger partial charge in [0, 0.05) is 19.8 Å². The Hall–Kier alpha value is -0.110. The van der Waals surface area contributed by atoms with Crippen LogP contribution in [0.1, 0.15) is 0 Å². The molecule has 0 aromatic carbocycles. The van der Waals surface area contributed by atoms with Crippen LogP contribution in [0.4, 0.5) is 0 Å². The summed E-state index contributed by atoms with van der Waals surface area (Å²) in [6.45, 7) is 0. The van der Waals surface area contributed by atoms with Gasteiger partial charge >= 0.3 is 0 Å². The van der Waals surface area contributed by atoms with Crippen molar-refractivity contribution in [2.45, 2.75) is 0 Å². The third-order valence-electron chi connectivity index (χ3n) is 0.509. The maximum atomic E-state index is 3.98. The second-order valence-corrected chi connectivity index (χ2v) is 1.90. The van der Waals surface area contributed by atoms with Gasteiger partial charge in [-0.3, -0.25) is 0 Å². The lowest BCUT2D eigenvalue weighted by Gasteiger charge is -2.00.